The summed E-state index contributed by atoms with van der Waals surface area (Å²) in [7, 11) is 0. The third kappa shape index (κ3) is 3.52. The van der Waals surface area contributed by atoms with Crippen LogP contribution in [0.4, 0.5) is 0 Å². The molecule has 1 saturated carbocycles. The van der Waals surface area contributed by atoms with Gasteiger partial charge in [-0.15, -0.1) is 0 Å². The molecule has 1 aromatic carbocycles. The number of hydrogen-bond acceptors (Lipinski definition) is 2. The molecule has 1 aromatic rings. The van der Waals surface area contributed by atoms with Gasteiger partial charge in [0.25, 0.3) is 0 Å². The fraction of sp³-hybridized carbons (Fsp3) is 0.700. The Kier molecular flexibility index (Phi) is 5.20. The summed E-state index contributed by atoms with van der Waals surface area (Å²) in [5.41, 5.74) is 1.60. The van der Waals surface area contributed by atoms with Crippen molar-refractivity contribution in [1.29, 1.82) is 0 Å². The molecule has 0 unspecified atom stereocenters. The van der Waals surface area contributed by atoms with Gasteiger partial charge in [-0.2, -0.15) is 0 Å². The van der Waals surface area contributed by atoms with Gasteiger partial charge in [-0.05, 0) is 57.6 Å². The molecule has 2 aliphatic rings. The zero-order chi connectivity index (χ0) is 16.6. The van der Waals surface area contributed by atoms with E-state index in [1.807, 2.05) is 0 Å². The van der Waals surface area contributed by atoms with Crippen molar-refractivity contribution < 1.29 is 4.74 Å². The van der Waals surface area contributed by atoms with E-state index in [9.17, 15) is 0 Å². The molecular weight excluding hydrogens is 350 g/mol. The van der Waals surface area contributed by atoms with E-state index in [0.717, 1.165) is 18.9 Å². The number of halogens is 1. The standard InChI is InChI=1S/C20H30BrNO/c1-14-9-10-17-19(13-14)23-15(2)22(20(17,3)4)12-11-16-7-5-6-8-18(16)21/h5-8,14-15,17,19H,9-13H2,1-4H3/t14-,15+,17-,19-/m0/s1. The molecule has 1 aliphatic carbocycles. The van der Waals surface area contributed by atoms with Crippen LogP contribution >= 0.6 is 15.9 Å². The monoisotopic (exact) mass is 379 g/mol. The maximum atomic E-state index is 6.44. The van der Waals surface area contributed by atoms with Crippen molar-refractivity contribution in [1.82, 2.24) is 4.90 Å². The average molecular weight is 380 g/mol. The second kappa shape index (κ2) is 6.85. The van der Waals surface area contributed by atoms with Crippen molar-refractivity contribution in [3.8, 4) is 0 Å². The third-order valence-corrected chi connectivity index (χ3v) is 6.87. The first kappa shape index (κ1) is 17.4. The van der Waals surface area contributed by atoms with Crippen LogP contribution in [0.15, 0.2) is 28.7 Å². The number of fused-ring (bicyclic) bond motifs is 1. The zero-order valence-electron chi connectivity index (χ0n) is 14.9. The molecule has 0 bridgehead atoms. The lowest BCUT2D eigenvalue weighted by molar-refractivity contribution is -0.226. The molecular formula is C20H30BrNO. The van der Waals surface area contributed by atoms with Crippen LogP contribution in [0.5, 0.6) is 0 Å². The van der Waals surface area contributed by atoms with Crippen LogP contribution in [0.25, 0.3) is 0 Å². The first-order valence-electron chi connectivity index (χ1n) is 9.05. The first-order chi connectivity index (χ1) is 10.9. The molecule has 0 radical (unpaired) electrons. The molecule has 2 fully saturated rings. The minimum atomic E-state index is 0.207. The van der Waals surface area contributed by atoms with Crippen molar-refractivity contribution in [2.45, 2.75) is 71.2 Å². The Balaban J connectivity index is 1.73. The minimum Gasteiger partial charge on any atom is -0.360 e. The van der Waals surface area contributed by atoms with Crippen LogP contribution < -0.4 is 0 Å². The number of nitrogens with zero attached hydrogens (tertiary/aromatic N) is 1. The van der Waals surface area contributed by atoms with E-state index in [0.29, 0.717) is 12.0 Å². The second-order valence-electron chi connectivity index (χ2n) is 7.99. The molecule has 0 N–H and O–H groups in total. The summed E-state index contributed by atoms with van der Waals surface area (Å²) < 4.78 is 7.66. The fourth-order valence-corrected chi connectivity index (χ4v) is 5.19. The lowest BCUT2D eigenvalue weighted by Crippen LogP contribution is -2.64. The Morgan fingerprint density at radius 1 is 1.22 bits per heavy atom. The van der Waals surface area contributed by atoms with E-state index in [4.69, 9.17) is 4.74 Å². The minimum absolute atomic E-state index is 0.207. The predicted octanol–water partition coefficient (Wildman–Crippen LogP) is 5.25. The van der Waals surface area contributed by atoms with Crippen molar-refractivity contribution in [2.24, 2.45) is 11.8 Å². The highest BCUT2D eigenvalue weighted by molar-refractivity contribution is 9.10. The van der Waals surface area contributed by atoms with Crippen molar-refractivity contribution in [3.05, 3.63) is 34.3 Å². The quantitative estimate of drug-likeness (QED) is 0.710. The number of benzene rings is 1. The molecule has 0 spiro atoms. The van der Waals surface area contributed by atoms with Crippen LogP contribution in [-0.4, -0.2) is 29.3 Å². The van der Waals surface area contributed by atoms with Gasteiger partial charge in [0.2, 0.25) is 0 Å². The van der Waals surface area contributed by atoms with E-state index in [-0.39, 0.29) is 11.8 Å². The summed E-state index contributed by atoms with van der Waals surface area (Å²) in [5, 5.41) is 0. The largest absolute Gasteiger partial charge is 0.360 e. The normalized spacial score (nSPS) is 34.1. The maximum Gasteiger partial charge on any atom is 0.108 e. The molecule has 23 heavy (non-hydrogen) atoms. The van der Waals surface area contributed by atoms with Crippen LogP contribution in [0, 0.1) is 11.8 Å². The van der Waals surface area contributed by atoms with Gasteiger partial charge in [0.1, 0.15) is 6.23 Å². The van der Waals surface area contributed by atoms with Gasteiger partial charge in [0.15, 0.2) is 0 Å². The summed E-state index contributed by atoms with van der Waals surface area (Å²) >= 11 is 3.68. The highest BCUT2D eigenvalue weighted by Crippen LogP contribution is 2.44. The number of rotatable bonds is 3. The lowest BCUT2D eigenvalue weighted by atomic mass is 9.70. The zero-order valence-corrected chi connectivity index (χ0v) is 16.5. The summed E-state index contributed by atoms with van der Waals surface area (Å²) in [4.78, 5) is 2.59. The fourth-order valence-electron chi connectivity index (χ4n) is 4.71. The second-order valence-corrected chi connectivity index (χ2v) is 8.84. The van der Waals surface area contributed by atoms with Gasteiger partial charge >= 0.3 is 0 Å². The van der Waals surface area contributed by atoms with Crippen molar-refractivity contribution >= 4 is 15.9 Å². The van der Waals surface area contributed by atoms with Crippen molar-refractivity contribution in [2.75, 3.05) is 6.54 Å². The summed E-state index contributed by atoms with van der Waals surface area (Å²) in [6, 6.07) is 8.56. The van der Waals surface area contributed by atoms with Gasteiger partial charge in [-0.1, -0.05) is 47.5 Å². The highest BCUT2D eigenvalue weighted by Gasteiger charge is 2.48. The van der Waals surface area contributed by atoms with E-state index >= 15 is 0 Å². The highest BCUT2D eigenvalue weighted by atomic mass is 79.9. The van der Waals surface area contributed by atoms with E-state index in [2.05, 4.69) is 72.8 Å². The predicted molar refractivity (Wildman–Crippen MR) is 99.5 cm³/mol. The molecule has 0 aromatic heterocycles. The van der Waals surface area contributed by atoms with E-state index in [1.165, 1.54) is 29.3 Å². The Labute approximate surface area is 149 Å². The molecule has 2 nitrogen and oxygen atoms in total. The number of hydrogen-bond donors (Lipinski definition) is 0. The van der Waals surface area contributed by atoms with Gasteiger partial charge in [0, 0.05) is 22.5 Å². The van der Waals surface area contributed by atoms with Gasteiger partial charge < -0.3 is 4.74 Å². The molecule has 128 valence electrons. The van der Waals surface area contributed by atoms with Crippen LogP contribution in [0.2, 0.25) is 0 Å². The van der Waals surface area contributed by atoms with Crippen LogP contribution in [0.3, 0.4) is 0 Å². The van der Waals surface area contributed by atoms with Gasteiger partial charge in [0.05, 0.1) is 6.10 Å². The van der Waals surface area contributed by atoms with Crippen LogP contribution in [-0.2, 0) is 11.2 Å². The summed E-state index contributed by atoms with van der Waals surface area (Å²) in [6.07, 6.45) is 5.60. The molecule has 1 heterocycles. The summed E-state index contributed by atoms with van der Waals surface area (Å²) in [6.45, 7) is 10.5. The molecule has 3 rings (SSSR count). The Hall–Kier alpha value is -0.380. The summed E-state index contributed by atoms with van der Waals surface area (Å²) in [5.74, 6) is 1.47. The molecule has 4 atom stereocenters. The lowest BCUT2D eigenvalue weighted by Gasteiger charge is -2.56. The van der Waals surface area contributed by atoms with Gasteiger partial charge in [-0.3, -0.25) is 4.90 Å². The molecule has 3 heteroatoms. The Morgan fingerprint density at radius 2 is 1.96 bits per heavy atom. The topological polar surface area (TPSA) is 12.5 Å². The Morgan fingerprint density at radius 3 is 2.70 bits per heavy atom. The van der Waals surface area contributed by atoms with Gasteiger partial charge in [-0.25, -0.2) is 0 Å². The number of ether oxygens (including phenoxy) is 1. The van der Waals surface area contributed by atoms with E-state index in [1.54, 1.807) is 0 Å². The SMILES string of the molecule is C[C@H]1CC[C@H]2[C@H](C1)O[C@H](C)N(CCc1ccccc1Br)C2(C)C. The molecule has 0 amide bonds. The Bertz CT molecular complexity index is 544. The molecule has 1 aliphatic heterocycles. The van der Waals surface area contributed by atoms with E-state index < -0.39 is 0 Å². The van der Waals surface area contributed by atoms with Crippen molar-refractivity contribution in [3.63, 3.8) is 0 Å². The average Bonchev–Trinajstić information content (AvgIpc) is 2.48. The molecule has 1 saturated heterocycles. The smallest absolute Gasteiger partial charge is 0.108 e. The first-order valence-corrected chi connectivity index (χ1v) is 9.84. The maximum absolute atomic E-state index is 6.44. The third-order valence-electron chi connectivity index (χ3n) is 6.09. The van der Waals surface area contributed by atoms with Crippen LogP contribution in [0.1, 0.15) is 52.5 Å².